The van der Waals surface area contributed by atoms with E-state index in [1.54, 1.807) is 0 Å². The minimum Gasteiger partial charge on any atom is -0.293 e. The van der Waals surface area contributed by atoms with E-state index in [0.29, 0.717) is 0 Å². The third-order valence-electron chi connectivity index (χ3n) is 5.34. The Morgan fingerprint density at radius 2 is 1.96 bits per heavy atom. The first-order valence-corrected chi connectivity index (χ1v) is 9.93. The molecule has 0 spiro atoms. The zero-order valence-corrected chi connectivity index (χ0v) is 15.8. The molecule has 7 heteroatoms. The number of fused-ring (bicyclic) bond motifs is 1. The van der Waals surface area contributed by atoms with E-state index in [0.717, 1.165) is 61.9 Å². The van der Waals surface area contributed by atoms with Crippen LogP contribution in [0.3, 0.4) is 0 Å². The van der Waals surface area contributed by atoms with E-state index in [1.165, 1.54) is 24.1 Å². The van der Waals surface area contributed by atoms with Gasteiger partial charge in [-0.1, -0.05) is 23.4 Å². The highest BCUT2D eigenvalue weighted by molar-refractivity contribution is 5.97. The number of aliphatic imine (C=N–C) groups is 1. The molecule has 0 saturated heterocycles. The molecule has 3 aromatic rings. The second-order valence-corrected chi connectivity index (χ2v) is 7.40. The van der Waals surface area contributed by atoms with Gasteiger partial charge in [0.25, 0.3) is 0 Å². The molecule has 0 aliphatic carbocycles. The fourth-order valence-electron chi connectivity index (χ4n) is 3.84. The molecule has 0 saturated carbocycles. The predicted octanol–water partition coefficient (Wildman–Crippen LogP) is 2.59. The summed E-state index contributed by atoms with van der Waals surface area (Å²) in [5, 5.41) is 8.60. The van der Waals surface area contributed by atoms with Crippen molar-refractivity contribution in [1.82, 2.24) is 29.9 Å². The lowest BCUT2D eigenvalue weighted by Crippen LogP contribution is -2.31. The molecule has 2 aliphatic heterocycles. The largest absolute Gasteiger partial charge is 0.293 e. The Morgan fingerprint density at radius 1 is 1.04 bits per heavy atom. The number of para-hydroxylation sites is 1. The average molecular weight is 373 g/mol. The van der Waals surface area contributed by atoms with Crippen LogP contribution in [0.1, 0.15) is 42.0 Å². The van der Waals surface area contributed by atoms with Crippen molar-refractivity contribution >= 4 is 5.71 Å². The molecule has 142 valence electrons. The maximum Gasteiger partial charge on any atom is 0.173 e. The van der Waals surface area contributed by atoms with Crippen molar-refractivity contribution in [1.29, 1.82) is 0 Å². The van der Waals surface area contributed by atoms with Crippen molar-refractivity contribution in [2.75, 3.05) is 13.1 Å². The van der Waals surface area contributed by atoms with E-state index < -0.39 is 0 Å². The first kappa shape index (κ1) is 17.2. The summed E-state index contributed by atoms with van der Waals surface area (Å²) in [5.74, 6) is 0.831. The summed E-state index contributed by atoms with van der Waals surface area (Å²) in [4.78, 5) is 16.4. The SMILES string of the molecule is c1ccc(-n2cc(CN3CCc4nc(C5=NCCCC5)ncc4C3)nn2)cc1. The second-order valence-electron chi connectivity index (χ2n) is 7.40. The van der Waals surface area contributed by atoms with Crippen LogP contribution in [0.2, 0.25) is 0 Å². The fourth-order valence-corrected chi connectivity index (χ4v) is 3.84. The number of hydrogen-bond donors (Lipinski definition) is 0. The quantitative estimate of drug-likeness (QED) is 0.703. The molecular weight excluding hydrogens is 350 g/mol. The van der Waals surface area contributed by atoms with E-state index in [1.807, 2.05) is 47.4 Å². The molecule has 0 fully saturated rings. The normalized spacial score (nSPS) is 17.2. The fraction of sp³-hybridized carbons (Fsp3) is 0.381. The third kappa shape index (κ3) is 3.57. The van der Waals surface area contributed by atoms with Crippen molar-refractivity contribution in [3.63, 3.8) is 0 Å². The molecule has 0 unspecified atom stereocenters. The number of aromatic nitrogens is 5. The van der Waals surface area contributed by atoms with Crippen molar-refractivity contribution in [3.05, 3.63) is 65.5 Å². The summed E-state index contributed by atoms with van der Waals surface area (Å²) >= 11 is 0. The van der Waals surface area contributed by atoms with E-state index >= 15 is 0 Å². The van der Waals surface area contributed by atoms with Crippen LogP contribution >= 0.6 is 0 Å². The van der Waals surface area contributed by atoms with Gasteiger partial charge in [0.1, 0.15) is 0 Å². The number of benzene rings is 1. The van der Waals surface area contributed by atoms with Gasteiger partial charge >= 0.3 is 0 Å². The summed E-state index contributed by atoms with van der Waals surface area (Å²) in [6.45, 7) is 3.50. The van der Waals surface area contributed by atoms with Gasteiger partial charge in [0, 0.05) is 44.4 Å². The topological polar surface area (TPSA) is 72.1 Å². The standard InChI is InChI=1S/C21H23N7/c1-2-6-18(7-3-1)28-15-17(25-26-28)14-27-11-9-19-16(13-27)12-23-21(24-19)20-8-4-5-10-22-20/h1-3,6-7,12,15H,4-5,8-11,13-14H2. The molecule has 0 radical (unpaired) electrons. The zero-order chi connectivity index (χ0) is 18.8. The highest BCUT2D eigenvalue weighted by atomic mass is 15.4. The summed E-state index contributed by atoms with van der Waals surface area (Å²) in [7, 11) is 0. The number of nitrogens with zero attached hydrogens (tertiary/aromatic N) is 7. The molecule has 2 aromatic heterocycles. The third-order valence-corrected chi connectivity index (χ3v) is 5.34. The van der Waals surface area contributed by atoms with Gasteiger partial charge in [-0.15, -0.1) is 5.10 Å². The van der Waals surface area contributed by atoms with Crippen LogP contribution in [0, 0.1) is 0 Å². The number of hydrogen-bond acceptors (Lipinski definition) is 6. The second kappa shape index (κ2) is 7.59. The molecule has 28 heavy (non-hydrogen) atoms. The number of rotatable bonds is 4. The van der Waals surface area contributed by atoms with Gasteiger partial charge in [0.2, 0.25) is 0 Å². The summed E-state index contributed by atoms with van der Waals surface area (Å²) in [5.41, 5.74) is 5.46. The van der Waals surface area contributed by atoms with Crippen LogP contribution in [0.15, 0.2) is 47.7 Å². The van der Waals surface area contributed by atoms with Gasteiger partial charge in [0.15, 0.2) is 5.82 Å². The van der Waals surface area contributed by atoms with Crippen LogP contribution in [-0.4, -0.2) is 48.7 Å². The Morgan fingerprint density at radius 3 is 2.82 bits per heavy atom. The molecule has 0 atom stereocenters. The lowest BCUT2D eigenvalue weighted by Gasteiger charge is -2.27. The molecule has 5 rings (SSSR count). The van der Waals surface area contributed by atoms with Crippen molar-refractivity contribution < 1.29 is 0 Å². The zero-order valence-electron chi connectivity index (χ0n) is 15.8. The van der Waals surface area contributed by atoms with Crippen LogP contribution in [0.4, 0.5) is 0 Å². The predicted molar refractivity (Wildman–Crippen MR) is 106 cm³/mol. The van der Waals surface area contributed by atoms with Crippen LogP contribution in [-0.2, 0) is 19.5 Å². The highest BCUT2D eigenvalue weighted by Gasteiger charge is 2.21. The first-order chi connectivity index (χ1) is 13.8. The maximum absolute atomic E-state index is 4.82. The molecule has 0 amide bonds. The van der Waals surface area contributed by atoms with Crippen molar-refractivity contribution in [2.45, 2.75) is 38.8 Å². The first-order valence-electron chi connectivity index (χ1n) is 9.93. The van der Waals surface area contributed by atoms with E-state index in [4.69, 9.17) is 4.98 Å². The van der Waals surface area contributed by atoms with E-state index in [2.05, 4.69) is 25.2 Å². The van der Waals surface area contributed by atoms with Crippen molar-refractivity contribution in [2.24, 2.45) is 4.99 Å². The van der Waals surface area contributed by atoms with Crippen LogP contribution in [0.25, 0.3) is 5.69 Å². The minimum atomic E-state index is 0.779. The monoisotopic (exact) mass is 373 g/mol. The molecule has 0 N–H and O–H groups in total. The summed E-state index contributed by atoms with van der Waals surface area (Å²) < 4.78 is 1.83. The highest BCUT2D eigenvalue weighted by Crippen LogP contribution is 2.20. The molecule has 7 nitrogen and oxygen atoms in total. The van der Waals surface area contributed by atoms with Gasteiger partial charge in [-0.25, -0.2) is 14.6 Å². The smallest absolute Gasteiger partial charge is 0.173 e. The van der Waals surface area contributed by atoms with E-state index in [9.17, 15) is 0 Å². The van der Waals surface area contributed by atoms with Crippen LogP contribution in [0.5, 0.6) is 0 Å². The molecule has 2 aliphatic rings. The summed E-state index contributed by atoms with van der Waals surface area (Å²) in [6.07, 6.45) is 8.30. The Hall–Kier alpha value is -2.93. The Bertz CT molecular complexity index is 993. The molecule has 1 aromatic carbocycles. The molecule has 4 heterocycles. The Labute approximate surface area is 164 Å². The van der Waals surface area contributed by atoms with Crippen molar-refractivity contribution in [3.8, 4) is 5.69 Å². The summed E-state index contributed by atoms with van der Waals surface area (Å²) in [6, 6.07) is 10.1. The molecule has 0 bridgehead atoms. The van der Waals surface area contributed by atoms with E-state index in [-0.39, 0.29) is 0 Å². The van der Waals surface area contributed by atoms with Gasteiger partial charge in [-0.2, -0.15) is 0 Å². The average Bonchev–Trinajstić information content (AvgIpc) is 3.23. The lowest BCUT2D eigenvalue weighted by atomic mass is 10.1. The van der Waals surface area contributed by atoms with Gasteiger partial charge in [0.05, 0.1) is 29.0 Å². The van der Waals surface area contributed by atoms with Crippen LogP contribution < -0.4 is 0 Å². The van der Waals surface area contributed by atoms with Gasteiger partial charge < -0.3 is 0 Å². The lowest BCUT2D eigenvalue weighted by molar-refractivity contribution is 0.240. The Balaban J connectivity index is 1.27. The molecular formula is C21H23N7. The Kier molecular flexibility index (Phi) is 4.66. The minimum absolute atomic E-state index is 0.779. The maximum atomic E-state index is 4.82. The van der Waals surface area contributed by atoms with Gasteiger partial charge in [-0.05, 0) is 31.4 Å². The van der Waals surface area contributed by atoms with Gasteiger partial charge in [-0.3, -0.25) is 9.89 Å².